The van der Waals surface area contributed by atoms with Gasteiger partial charge in [0.1, 0.15) is 12.5 Å². The number of carbonyl (C=O) groups is 5. The van der Waals surface area contributed by atoms with Crippen molar-refractivity contribution in [3.8, 4) is 0 Å². The Balaban J connectivity index is 2.54. The van der Waals surface area contributed by atoms with Crippen molar-refractivity contribution in [1.29, 1.82) is 0 Å². The molecule has 1 aromatic rings. The second-order valence-corrected chi connectivity index (χ2v) is 11.1. The number of halogens is 1. The highest BCUT2D eigenvalue weighted by Crippen LogP contribution is 2.18. The van der Waals surface area contributed by atoms with Gasteiger partial charge in [0.25, 0.3) is 0 Å². The van der Waals surface area contributed by atoms with E-state index in [1.165, 1.54) is 0 Å². The summed E-state index contributed by atoms with van der Waals surface area (Å²) in [5, 5.41) is 8.23. The summed E-state index contributed by atoms with van der Waals surface area (Å²) in [6, 6.07) is 6.26. The van der Waals surface area contributed by atoms with E-state index in [1.807, 2.05) is 13.8 Å². The summed E-state index contributed by atoms with van der Waals surface area (Å²) in [6.45, 7) is 11.3. The number of unbranched alkanes of at least 4 members (excludes halogenated alkanes) is 1. The van der Waals surface area contributed by atoms with Crippen LogP contribution in [0, 0.1) is 17.3 Å². The Labute approximate surface area is 230 Å². The standard InChI is InChI=1S/C28H42ClN3O6/c1-18(2)25(32-23(34)9-7-8-14-30-24(35)16-29)22(33)15-19(3)26(36)31-21-12-10-20(11-13-21)17-38-27(37)28(4,5)6/h10-13,18-19,25H,7-9,14-17H2,1-6H3,(H,30,35)(H,31,36)(H,32,34)/t19-,25+/m1/s1. The first kappa shape index (κ1) is 33.1. The number of esters is 1. The van der Waals surface area contributed by atoms with Gasteiger partial charge in [-0.05, 0) is 57.2 Å². The van der Waals surface area contributed by atoms with Crippen molar-refractivity contribution in [2.75, 3.05) is 17.7 Å². The minimum Gasteiger partial charge on any atom is -0.460 e. The molecular formula is C28H42ClN3O6. The van der Waals surface area contributed by atoms with Crippen molar-refractivity contribution < 1.29 is 28.7 Å². The molecule has 1 rings (SSSR count). The van der Waals surface area contributed by atoms with Crippen LogP contribution in [-0.2, 0) is 35.3 Å². The number of nitrogens with one attached hydrogen (secondary N) is 3. The van der Waals surface area contributed by atoms with E-state index >= 15 is 0 Å². The number of hydrogen-bond donors (Lipinski definition) is 3. The fraction of sp³-hybridized carbons (Fsp3) is 0.607. The monoisotopic (exact) mass is 551 g/mol. The molecule has 0 saturated heterocycles. The summed E-state index contributed by atoms with van der Waals surface area (Å²) in [5.74, 6) is -2.14. The van der Waals surface area contributed by atoms with Crippen molar-refractivity contribution in [2.24, 2.45) is 17.3 Å². The Bertz CT molecular complexity index is 956. The fourth-order valence-electron chi connectivity index (χ4n) is 3.39. The SMILES string of the molecule is CC(C)[C@H](NC(=O)CCCCNC(=O)CCl)C(=O)C[C@@H](C)C(=O)Nc1ccc(COC(=O)C(C)(C)C)cc1. The van der Waals surface area contributed by atoms with Crippen LogP contribution in [0.15, 0.2) is 24.3 Å². The van der Waals surface area contributed by atoms with Crippen molar-refractivity contribution in [2.45, 2.75) is 79.9 Å². The molecule has 0 bridgehead atoms. The first-order valence-corrected chi connectivity index (χ1v) is 13.5. The van der Waals surface area contributed by atoms with Crippen LogP contribution in [0.1, 0.15) is 72.8 Å². The van der Waals surface area contributed by atoms with Crippen molar-refractivity contribution in [3.63, 3.8) is 0 Å². The Kier molecular flexibility index (Phi) is 14.0. The van der Waals surface area contributed by atoms with Gasteiger partial charge in [0, 0.05) is 31.0 Å². The van der Waals surface area contributed by atoms with Crippen LogP contribution in [-0.4, -0.2) is 47.9 Å². The summed E-state index contributed by atoms with van der Waals surface area (Å²) >= 11 is 5.42. The quantitative estimate of drug-likeness (QED) is 0.172. The highest BCUT2D eigenvalue weighted by molar-refractivity contribution is 6.27. The Morgan fingerprint density at radius 1 is 0.947 bits per heavy atom. The first-order valence-electron chi connectivity index (χ1n) is 13.0. The maximum absolute atomic E-state index is 12.9. The molecule has 38 heavy (non-hydrogen) atoms. The second-order valence-electron chi connectivity index (χ2n) is 10.8. The van der Waals surface area contributed by atoms with Crippen LogP contribution in [0.4, 0.5) is 5.69 Å². The van der Waals surface area contributed by atoms with Crippen molar-refractivity contribution >= 4 is 46.8 Å². The molecule has 0 spiro atoms. The fourth-order valence-corrected chi connectivity index (χ4v) is 3.48. The molecule has 0 aliphatic heterocycles. The molecule has 0 aliphatic carbocycles. The van der Waals surface area contributed by atoms with Gasteiger partial charge in [0.2, 0.25) is 17.7 Å². The van der Waals surface area contributed by atoms with Gasteiger partial charge in [-0.15, -0.1) is 11.6 Å². The molecule has 10 heteroatoms. The normalized spacial score (nSPS) is 12.8. The summed E-state index contributed by atoms with van der Waals surface area (Å²) in [5.41, 5.74) is 0.777. The number of anilines is 1. The summed E-state index contributed by atoms with van der Waals surface area (Å²) < 4.78 is 5.30. The third kappa shape index (κ3) is 12.5. The lowest BCUT2D eigenvalue weighted by Crippen LogP contribution is -2.45. The molecular weight excluding hydrogens is 510 g/mol. The number of carbonyl (C=O) groups excluding carboxylic acids is 5. The van der Waals surface area contributed by atoms with Crippen LogP contribution in [0.5, 0.6) is 0 Å². The zero-order valence-electron chi connectivity index (χ0n) is 23.3. The van der Waals surface area contributed by atoms with E-state index in [9.17, 15) is 24.0 Å². The predicted octanol–water partition coefficient (Wildman–Crippen LogP) is 3.98. The molecule has 212 valence electrons. The Morgan fingerprint density at radius 3 is 2.13 bits per heavy atom. The molecule has 0 aromatic heterocycles. The van der Waals surface area contributed by atoms with Crippen LogP contribution in [0.25, 0.3) is 0 Å². The number of rotatable bonds is 15. The number of alkyl halides is 1. The van der Waals surface area contributed by atoms with Gasteiger partial charge in [0.15, 0.2) is 5.78 Å². The van der Waals surface area contributed by atoms with E-state index in [0.717, 1.165) is 5.56 Å². The third-order valence-corrected chi connectivity index (χ3v) is 6.01. The number of benzene rings is 1. The van der Waals surface area contributed by atoms with E-state index in [2.05, 4.69) is 16.0 Å². The highest BCUT2D eigenvalue weighted by Gasteiger charge is 2.27. The van der Waals surface area contributed by atoms with Crippen LogP contribution in [0.3, 0.4) is 0 Å². The maximum atomic E-state index is 12.9. The van der Waals surface area contributed by atoms with E-state index in [4.69, 9.17) is 16.3 Å². The van der Waals surface area contributed by atoms with Gasteiger partial charge in [-0.2, -0.15) is 0 Å². The molecule has 1 aromatic carbocycles. The zero-order valence-corrected chi connectivity index (χ0v) is 24.1. The average molecular weight is 552 g/mol. The lowest BCUT2D eigenvalue weighted by Gasteiger charge is -2.23. The number of amides is 3. The molecule has 0 unspecified atom stereocenters. The molecule has 0 radical (unpaired) electrons. The van der Waals surface area contributed by atoms with Gasteiger partial charge in [-0.3, -0.25) is 24.0 Å². The van der Waals surface area contributed by atoms with Crippen molar-refractivity contribution in [1.82, 2.24) is 10.6 Å². The first-order chi connectivity index (χ1) is 17.7. The smallest absolute Gasteiger partial charge is 0.311 e. The minimum atomic E-state index is -0.691. The van der Waals surface area contributed by atoms with Gasteiger partial charge in [-0.1, -0.05) is 32.9 Å². The number of ketones is 1. The molecule has 0 aliphatic rings. The van der Waals surface area contributed by atoms with Gasteiger partial charge in [-0.25, -0.2) is 0 Å². The average Bonchev–Trinajstić information content (AvgIpc) is 2.85. The molecule has 9 nitrogen and oxygen atoms in total. The Morgan fingerprint density at radius 2 is 1.58 bits per heavy atom. The van der Waals surface area contributed by atoms with Crippen LogP contribution in [0.2, 0.25) is 0 Å². The number of hydrogen-bond acceptors (Lipinski definition) is 6. The van der Waals surface area contributed by atoms with E-state index in [1.54, 1.807) is 52.0 Å². The maximum Gasteiger partial charge on any atom is 0.311 e. The minimum absolute atomic E-state index is 0.0136. The van der Waals surface area contributed by atoms with E-state index in [-0.39, 0.29) is 60.7 Å². The third-order valence-electron chi connectivity index (χ3n) is 5.76. The van der Waals surface area contributed by atoms with E-state index in [0.29, 0.717) is 25.1 Å². The van der Waals surface area contributed by atoms with E-state index < -0.39 is 17.4 Å². The molecule has 0 saturated carbocycles. The predicted molar refractivity (Wildman–Crippen MR) is 147 cm³/mol. The molecule has 3 amide bonds. The zero-order chi connectivity index (χ0) is 28.9. The summed E-state index contributed by atoms with van der Waals surface area (Å²) in [4.78, 5) is 61.0. The largest absolute Gasteiger partial charge is 0.460 e. The van der Waals surface area contributed by atoms with Crippen molar-refractivity contribution in [3.05, 3.63) is 29.8 Å². The molecule has 2 atom stereocenters. The van der Waals surface area contributed by atoms with Gasteiger partial charge in [0.05, 0.1) is 11.5 Å². The number of Topliss-reactive ketones (excluding diaryl/α,β-unsaturated/α-hetero) is 1. The van der Waals surface area contributed by atoms with Gasteiger partial charge < -0.3 is 20.7 Å². The van der Waals surface area contributed by atoms with Crippen LogP contribution < -0.4 is 16.0 Å². The lowest BCUT2D eigenvalue weighted by molar-refractivity contribution is -0.154. The molecule has 3 N–H and O–H groups in total. The number of ether oxygens (including phenoxy) is 1. The van der Waals surface area contributed by atoms with Gasteiger partial charge >= 0.3 is 5.97 Å². The Hall–Kier alpha value is -2.94. The second kappa shape index (κ2) is 16.1. The molecule has 0 fully saturated rings. The lowest BCUT2D eigenvalue weighted by atomic mass is 9.92. The highest BCUT2D eigenvalue weighted by atomic mass is 35.5. The summed E-state index contributed by atoms with van der Waals surface area (Å²) in [7, 11) is 0. The van der Waals surface area contributed by atoms with Crippen LogP contribution >= 0.6 is 11.6 Å². The molecule has 0 heterocycles. The summed E-state index contributed by atoms with van der Waals surface area (Å²) in [6.07, 6.45) is 1.40. The topological polar surface area (TPSA) is 131 Å².